The number of nitrogens with one attached hydrogen (secondary N) is 1. The maximum absolute atomic E-state index is 11.4. The van der Waals surface area contributed by atoms with E-state index in [1.165, 1.54) is 0 Å². The van der Waals surface area contributed by atoms with Gasteiger partial charge in [-0.25, -0.2) is 0 Å². The molecule has 19 heavy (non-hydrogen) atoms. The van der Waals surface area contributed by atoms with Crippen LogP contribution in [-0.2, 0) is 11.3 Å². The summed E-state index contributed by atoms with van der Waals surface area (Å²) in [4.78, 5) is 11.4. The van der Waals surface area contributed by atoms with E-state index in [-0.39, 0.29) is 18.7 Å². The first-order valence-electron chi connectivity index (χ1n) is 5.97. The summed E-state index contributed by atoms with van der Waals surface area (Å²) in [6, 6.07) is 5.66. The molecule has 5 nitrogen and oxygen atoms in total. The number of hydrogen-bond donors (Lipinski definition) is 1. The Morgan fingerprint density at radius 3 is 2.53 bits per heavy atom. The smallest absolute Gasteiger partial charge is 0.221 e. The van der Waals surface area contributed by atoms with Crippen LogP contribution in [0.1, 0.15) is 24.0 Å². The van der Waals surface area contributed by atoms with Gasteiger partial charge in [-0.2, -0.15) is 5.26 Å². The van der Waals surface area contributed by atoms with Crippen LogP contribution in [-0.4, -0.2) is 20.1 Å². The molecule has 102 valence electrons. The summed E-state index contributed by atoms with van der Waals surface area (Å²) < 4.78 is 10.4. The second-order valence-electron chi connectivity index (χ2n) is 4.07. The van der Waals surface area contributed by atoms with Gasteiger partial charge in [0.2, 0.25) is 5.91 Å². The highest BCUT2D eigenvalue weighted by Crippen LogP contribution is 2.30. The highest BCUT2D eigenvalue weighted by atomic mass is 16.5. The fraction of sp³-hybridized carbons (Fsp3) is 0.429. The topological polar surface area (TPSA) is 71.3 Å². The lowest BCUT2D eigenvalue weighted by atomic mass is 10.1. The molecule has 0 heterocycles. The van der Waals surface area contributed by atoms with Gasteiger partial charge in [0.15, 0.2) is 11.5 Å². The standard InChI is InChI=1S/C14H18N2O3/c1-10-7-12(18-2)13(19-3)8-11(10)9-16-14(17)5-4-6-15/h7-8H,4-5,9H2,1-3H3,(H,16,17). The van der Waals surface area contributed by atoms with Gasteiger partial charge >= 0.3 is 0 Å². The summed E-state index contributed by atoms with van der Waals surface area (Å²) in [6.07, 6.45) is 0.458. The molecular weight excluding hydrogens is 244 g/mol. The molecule has 1 aromatic rings. The molecule has 0 unspecified atom stereocenters. The van der Waals surface area contributed by atoms with Crippen molar-refractivity contribution in [2.45, 2.75) is 26.3 Å². The summed E-state index contributed by atoms with van der Waals surface area (Å²) in [5, 5.41) is 11.2. The van der Waals surface area contributed by atoms with E-state index in [0.29, 0.717) is 18.0 Å². The lowest BCUT2D eigenvalue weighted by Gasteiger charge is -2.13. The van der Waals surface area contributed by atoms with Crippen molar-refractivity contribution in [3.05, 3.63) is 23.3 Å². The molecule has 0 spiro atoms. The molecular formula is C14H18N2O3. The van der Waals surface area contributed by atoms with Crippen molar-refractivity contribution >= 4 is 5.91 Å². The van der Waals surface area contributed by atoms with Gasteiger partial charge in [0.1, 0.15) is 0 Å². The molecule has 0 aliphatic rings. The highest BCUT2D eigenvalue weighted by Gasteiger charge is 2.09. The average Bonchev–Trinajstić information content (AvgIpc) is 2.43. The van der Waals surface area contributed by atoms with Crippen molar-refractivity contribution in [1.29, 1.82) is 5.26 Å². The Morgan fingerprint density at radius 2 is 1.95 bits per heavy atom. The fourth-order valence-corrected chi connectivity index (χ4v) is 1.66. The molecule has 1 rings (SSSR count). The van der Waals surface area contributed by atoms with Crippen LogP contribution in [0.3, 0.4) is 0 Å². The molecule has 0 aromatic heterocycles. The number of aryl methyl sites for hydroxylation is 1. The molecule has 0 aliphatic heterocycles. The van der Waals surface area contributed by atoms with Crippen molar-refractivity contribution in [3.63, 3.8) is 0 Å². The van der Waals surface area contributed by atoms with Gasteiger partial charge in [-0.1, -0.05) is 0 Å². The maximum Gasteiger partial charge on any atom is 0.221 e. The van der Waals surface area contributed by atoms with E-state index in [0.717, 1.165) is 11.1 Å². The summed E-state index contributed by atoms with van der Waals surface area (Å²) in [5.74, 6) is 1.17. The van der Waals surface area contributed by atoms with E-state index in [2.05, 4.69) is 5.32 Å². The van der Waals surface area contributed by atoms with E-state index < -0.39 is 0 Å². The summed E-state index contributed by atoms with van der Waals surface area (Å²) >= 11 is 0. The summed E-state index contributed by atoms with van der Waals surface area (Å²) in [6.45, 7) is 2.36. The zero-order chi connectivity index (χ0) is 14.3. The first-order valence-corrected chi connectivity index (χ1v) is 5.97. The first kappa shape index (κ1) is 14.8. The number of carbonyl (C=O) groups is 1. The number of rotatable bonds is 6. The normalized spacial score (nSPS) is 9.58. The largest absolute Gasteiger partial charge is 0.493 e. The predicted octanol–water partition coefficient (Wildman–Crippen LogP) is 1.93. The maximum atomic E-state index is 11.4. The third-order valence-corrected chi connectivity index (χ3v) is 2.78. The Labute approximate surface area is 113 Å². The van der Waals surface area contributed by atoms with Gasteiger partial charge in [0, 0.05) is 19.4 Å². The molecule has 1 amide bonds. The van der Waals surface area contributed by atoms with Crippen LogP contribution in [0.25, 0.3) is 0 Å². The number of ether oxygens (including phenoxy) is 2. The van der Waals surface area contributed by atoms with Crippen molar-refractivity contribution < 1.29 is 14.3 Å². The zero-order valence-electron chi connectivity index (χ0n) is 11.4. The number of methoxy groups -OCH3 is 2. The van der Waals surface area contributed by atoms with Crippen LogP contribution in [0, 0.1) is 18.3 Å². The second-order valence-corrected chi connectivity index (χ2v) is 4.07. The van der Waals surface area contributed by atoms with E-state index in [1.807, 2.05) is 25.1 Å². The van der Waals surface area contributed by atoms with Crippen LogP contribution < -0.4 is 14.8 Å². The Balaban J connectivity index is 2.73. The number of benzene rings is 1. The molecule has 0 saturated heterocycles. The molecule has 0 aliphatic carbocycles. The van der Waals surface area contributed by atoms with Gasteiger partial charge in [0.25, 0.3) is 0 Å². The van der Waals surface area contributed by atoms with Crippen LogP contribution in [0.4, 0.5) is 0 Å². The molecule has 0 bridgehead atoms. The molecule has 5 heteroatoms. The third-order valence-electron chi connectivity index (χ3n) is 2.78. The van der Waals surface area contributed by atoms with Crippen molar-refractivity contribution in [2.75, 3.05) is 14.2 Å². The molecule has 0 atom stereocenters. The Kier molecular flexibility index (Phi) is 5.68. The Hall–Kier alpha value is -2.22. The fourth-order valence-electron chi connectivity index (χ4n) is 1.66. The third kappa shape index (κ3) is 4.18. The van der Waals surface area contributed by atoms with Gasteiger partial charge in [-0.3, -0.25) is 4.79 Å². The van der Waals surface area contributed by atoms with Crippen molar-refractivity contribution in [3.8, 4) is 17.6 Å². The molecule has 0 radical (unpaired) electrons. The van der Waals surface area contributed by atoms with Gasteiger partial charge in [0.05, 0.1) is 20.3 Å². The number of hydrogen-bond acceptors (Lipinski definition) is 4. The minimum Gasteiger partial charge on any atom is -0.493 e. The molecule has 1 N–H and O–H groups in total. The van der Waals surface area contributed by atoms with Crippen LogP contribution in [0.5, 0.6) is 11.5 Å². The number of nitriles is 1. The van der Waals surface area contributed by atoms with Crippen LogP contribution in [0.15, 0.2) is 12.1 Å². The quantitative estimate of drug-likeness (QED) is 0.850. The summed E-state index contributed by atoms with van der Waals surface area (Å²) in [7, 11) is 3.16. The van der Waals surface area contributed by atoms with Crippen molar-refractivity contribution in [1.82, 2.24) is 5.32 Å². The van der Waals surface area contributed by atoms with Crippen LogP contribution in [0.2, 0.25) is 0 Å². The van der Waals surface area contributed by atoms with Gasteiger partial charge in [-0.15, -0.1) is 0 Å². The predicted molar refractivity (Wildman–Crippen MR) is 71.0 cm³/mol. The van der Waals surface area contributed by atoms with E-state index in [4.69, 9.17) is 14.7 Å². The van der Waals surface area contributed by atoms with E-state index in [1.54, 1.807) is 14.2 Å². The average molecular weight is 262 g/mol. The number of amides is 1. The van der Waals surface area contributed by atoms with Crippen LogP contribution >= 0.6 is 0 Å². The SMILES string of the molecule is COc1cc(C)c(CNC(=O)CCC#N)cc1OC. The molecule has 0 saturated carbocycles. The lowest BCUT2D eigenvalue weighted by molar-refractivity contribution is -0.121. The van der Waals surface area contributed by atoms with Crippen molar-refractivity contribution in [2.24, 2.45) is 0 Å². The minimum atomic E-state index is -0.129. The minimum absolute atomic E-state index is 0.129. The summed E-state index contributed by atoms with van der Waals surface area (Å²) in [5.41, 5.74) is 1.97. The first-order chi connectivity index (χ1) is 9.12. The Bertz CT molecular complexity index is 492. The number of carbonyl (C=O) groups excluding carboxylic acids is 1. The van der Waals surface area contributed by atoms with E-state index in [9.17, 15) is 4.79 Å². The molecule has 1 aromatic carbocycles. The highest BCUT2D eigenvalue weighted by molar-refractivity contribution is 5.76. The lowest BCUT2D eigenvalue weighted by Crippen LogP contribution is -2.22. The number of nitrogens with zero attached hydrogens (tertiary/aromatic N) is 1. The second kappa shape index (κ2) is 7.27. The Morgan fingerprint density at radius 1 is 1.32 bits per heavy atom. The van der Waals surface area contributed by atoms with E-state index >= 15 is 0 Å². The molecule has 0 fully saturated rings. The van der Waals surface area contributed by atoms with Gasteiger partial charge in [-0.05, 0) is 30.2 Å². The monoisotopic (exact) mass is 262 g/mol. The van der Waals surface area contributed by atoms with Gasteiger partial charge < -0.3 is 14.8 Å². The zero-order valence-corrected chi connectivity index (χ0v) is 11.4.